The van der Waals surface area contributed by atoms with Crippen molar-refractivity contribution >= 4 is 5.82 Å². The Hall–Kier alpha value is -0.990. The van der Waals surface area contributed by atoms with E-state index in [0.717, 1.165) is 18.8 Å². The largest absolute Gasteiger partial charge is 0.367 e. The lowest BCUT2D eigenvalue weighted by Crippen LogP contribution is -2.22. The Morgan fingerprint density at radius 2 is 2.33 bits per heavy atom. The van der Waals surface area contributed by atoms with E-state index in [1.165, 1.54) is 0 Å². The number of hydrogen-bond acceptors (Lipinski definition) is 3. The van der Waals surface area contributed by atoms with E-state index in [4.69, 9.17) is 4.52 Å². The van der Waals surface area contributed by atoms with Crippen LogP contribution >= 0.6 is 0 Å². The van der Waals surface area contributed by atoms with Crippen LogP contribution in [0.4, 0.5) is 5.82 Å². The van der Waals surface area contributed by atoms with Crippen LogP contribution in [0.2, 0.25) is 0 Å². The molecule has 12 heavy (non-hydrogen) atoms. The van der Waals surface area contributed by atoms with E-state index in [1.54, 1.807) is 6.26 Å². The van der Waals surface area contributed by atoms with Crippen LogP contribution in [0.1, 0.15) is 27.2 Å². The van der Waals surface area contributed by atoms with Crippen molar-refractivity contribution in [2.75, 3.05) is 11.9 Å². The zero-order chi connectivity index (χ0) is 9.03. The maximum absolute atomic E-state index is 4.70. The summed E-state index contributed by atoms with van der Waals surface area (Å²) in [5.74, 6) is 0.816. The van der Waals surface area contributed by atoms with Crippen molar-refractivity contribution in [2.24, 2.45) is 5.41 Å². The van der Waals surface area contributed by atoms with E-state index in [1.807, 2.05) is 6.07 Å². The van der Waals surface area contributed by atoms with Gasteiger partial charge >= 0.3 is 0 Å². The molecule has 0 aliphatic rings. The summed E-state index contributed by atoms with van der Waals surface area (Å²) in [6, 6.07) is 1.83. The third kappa shape index (κ3) is 2.57. The maximum Gasteiger partial charge on any atom is 0.169 e. The summed E-state index contributed by atoms with van der Waals surface area (Å²) in [6.07, 6.45) is 2.72. The molecule has 3 heteroatoms. The van der Waals surface area contributed by atoms with Gasteiger partial charge in [-0.3, -0.25) is 0 Å². The van der Waals surface area contributed by atoms with Gasteiger partial charge in [-0.2, -0.15) is 0 Å². The Morgan fingerprint density at radius 1 is 1.58 bits per heavy atom. The first kappa shape index (κ1) is 9.10. The fourth-order valence-electron chi connectivity index (χ4n) is 0.759. The molecular formula is C9H16N2O. The molecule has 1 heterocycles. The molecule has 1 N–H and O–H groups in total. The molecule has 0 unspecified atom stereocenters. The van der Waals surface area contributed by atoms with Crippen LogP contribution in [-0.4, -0.2) is 11.7 Å². The highest BCUT2D eigenvalue weighted by Crippen LogP contribution is 2.19. The first-order valence-electron chi connectivity index (χ1n) is 4.28. The van der Waals surface area contributed by atoms with E-state index in [2.05, 4.69) is 31.2 Å². The summed E-state index contributed by atoms with van der Waals surface area (Å²) < 4.78 is 4.70. The smallest absolute Gasteiger partial charge is 0.169 e. The van der Waals surface area contributed by atoms with Crippen LogP contribution in [0.25, 0.3) is 0 Å². The van der Waals surface area contributed by atoms with Gasteiger partial charge in [0.15, 0.2) is 5.82 Å². The SMILES string of the molecule is CCC(C)(C)CNc1ccon1. The molecule has 1 aromatic heterocycles. The molecule has 0 aliphatic carbocycles. The van der Waals surface area contributed by atoms with Crippen molar-refractivity contribution in [3.05, 3.63) is 12.3 Å². The summed E-state index contributed by atoms with van der Waals surface area (Å²) in [7, 11) is 0. The van der Waals surface area contributed by atoms with Gasteiger partial charge in [-0.1, -0.05) is 25.9 Å². The topological polar surface area (TPSA) is 38.1 Å². The number of nitrogens with one attached hydrogen (secondary N) is 1. The van der Waals surface area contributed by atoms with Crippen LogP contribution in [0.15, 0.2) is 16.9 Å². The van der Waals surface area contributed by atoms with Crippen molar-refractivity contribution in [2.45, 2.75) is 27.2 Å². The minimum atomic E-state index is 0.318. The molecule has 0 amide bonds. The second-order valence-corrected chi connectivity index (χ2v) is 3.76. The molecule has 0 radical (unpaired) electrons. The lowest BCUT2D eigenvalue weighted by atomic mass is 9.90. The first-order chi connectivity index (χ1) is 5.64. The van der Waals surface area contributed by atoms with Gasteiger partial charge in [0.1, 0.15) is 6.26 Å². The van der Waals surface area contributed by atoms with E-state index in [0.29, 0.717) is 5.41 Å². The molecule has 0 atom stereocenters. The van der Waals surface area contributed by atoms with Crippen molar-refractivity contribution in [3.8, 4) is 0 Å². The average Bonchev–Trinajstić information content (AvgIpc) is 2.53. The van der Waals surface area contributed by atoms with Crippen LogP contribution in [0.3, 0.4) is 0 Å². The van der Waals surface area contributed by atoms with Gasteiger partial charge in [0.2, 0.25) is 0 Å². The molecule has 0 saturated carbocycles. The molecule has 0 aromatic carbocycles. The number of anilines is 1. The van der Waals surface area contributed by atoms with Crippen molar-refractivity contribution in [3.63, 3.8) is 0 Å². The Labute approximate surface area is 73.1 Å². The third-order valence-corrected chi connectivity index (χ3v) is 2.14. The molecule has 0 aliphatic heterocycles. The highest BCUT2D eigenvalue weighted by Gasteiger charge is 2.14. The monoisotopic (exact) mass is 168 g/mol. The van der Waals surface area contributed by atoms with Gasteiger partial charge in [-0.25, -0.2) is 0 Å². The molecular weight excluding hydrogens is 152 g/mol. The van der Waals surface area contributed by atoms with Crippen LogP contribution in [0.5, 0.6) is 0 Å². The van der Waals surface area contributed by atoms with E-state index >= 15 is 0 Å². The number of nitrogens with zero attached hydrogens (tertiary/aromatic N) is 1. The van der Waals surface area contributed by atoms with E-state index in [9.17, 15) is 0 Å². The summed E-state index contributed by atoms with van der Waals surface area (Å²) in [6.45, 7) is 7.56. The Bertz CT molecular complexity index is 216. The van der Waals surface area contributed by atoms with Crippen molar-refractivity contribution in [1.82, 2.24) is 5.16 Å². The highest BCUT2D eigenvalue weighted by atomic mass is 16.5. The fraction of sp³-hybridized carbons (Fsp3) is 0.667. The fourth-order valence-corrected chi connectivity index (χ4v) is 0.759. The van der Waals surface area contributed by atoms with Gasteiger partial charge in [0.25, 0.3) is 0 Å². The van der Waals surface area contributed by atoms with Gasteiger partial charge in [-0.15, -0.1) is 0 Å². The van der Waals surface area contributed by atoms with Crippen LogP contribution in [-0.2, 0) is 0 Å². The van der Waals surface area contributed by atoms with E-state index in [-0.39, 0.29) is 0 Å². The summed E-state index contributed by atoms with van der Waals surface area (Å²) in [5, 5.41) is 6.98. The normalized spacial score (nSPS) is 11.6. The van der Waals surface area contributed by atoms with E-state index < -0.39 is 0 Å². The minimum Gasteiger partial charge on any atom is -0.367 e. The molecule has 3 nitrogen and oxygen atoms in total. The molecule has 0 bridgehead atoms. The molecule has 68 valence electrons. The second-order valence-electron chi connectivity index (χ2n) is 3.76. The molecule has 0 fully saturated rings. The number of rotatable bonds is 4. The quantitative estimate of drug-likeness (QED) is 0.750. The molecule has 0 spiro atoms. The molecule has 0 saturated heterocycles. The van der Waals surface area contributed by atoms with Crippen molar-refractivity contribution < 1.29 is 4.52 Å². The van der Waals surface area contributed by atoms with Gasteiger partial charge in [0.05, 0.1) is 0 Å². The predicted molar refractivity (Wildman–Crippen MR) is 49.1 cm³/mol. The zero-order valence-corrected chi connectivity index (χ0v) is 7.92. The summed E-state index contributed by atoms with van der Waals surface area (Å²) in [5.41, 5.74) is 0.318. The lowest BCUT2D eigenvalue weighted by molar-refractivity contribution is 0.373. The number of aromatic nitrogens is 1. The average molecular weight is 168 g/mol. The summed E-state index contributed by atoms with van der Waals surface area (Å²) >= 11 is 0. The standard InChI is InChI=1S/C9H16N2O/c1-4-9(2,3)7-10-8-5-6-12-11-8/h5-6H,4,7H2,1-3H3,(H,10,11). The Morgan fingerprint density at radius 3 is 2.83 bits per heavy atom. The van der Waals surface area contributed by atoms with Crippen molar-refractivity contribution in [1.29, 1.82) is 0 Å². The minimum absolute atomic E-state index is 0.318. The van der Waals surface area contributed by atoms with Gasteiger partial charge in [0, 0.05) is 12.6 Å². The summed E-state index contributed by atoms with van der Waals surface area (Å²) in [4.78, 5) is 0. The van der Waals surface area contributed by atoms with Gasteiger partial charge < -0.3 is 9.84 Å². The predicted octanol–water partition coefficient (Wildman–Crippen LogP) is 2.52. The maximum atomic E-state index is 4.70. The number of hydrogen-bond donors (Lipinski definition) is 1. The Kier molecular flexibility index (Phi) is 2.74. The van der Waals surface area contributed by atoms with Crippen LogP contribution < -0.4 is 5.32 Å². The third-order valence-electron chi connectivity index (χ3n) is 2.14. The Balaban J connectivity index is 2.36. The molecule has 1 aromatic rings. The van der Waals surface area contributed by atoms with Gasteiger partial charge in [-0.05, 0) is 11.8 Å². The van der Waals surface area contributed by atoms with Crippen LogP contribution in [0, 0.1) is 5.41 Å². The lowest BCUT2D eigenvalue weighted by Gasteiger charge is -2.22. The molecule has 1 rings (SSSR count). The first-order valence-corrected chi connectivity index (χ1v) is 4.28. The highest BCUT2D eigenvalue weighted by molar-refractivity contribution is 5.30. The second kappa shape index (κ2) is 3.61. The zero-order valence-electron chi connectivity index (χ0n) is 7.92.